The SMILES string of the molecule is C/C=C\C=C/C1=Cc2ccccc2C12c1cc(C#N)ccc1-c1ccc(-c3cc(C4=NC(C5=CCCC=C5)=N[C@@H](c5ccccc5)C4)cc(-c4cccnc4)c3)cc12. The molecule has 1 unspecified atom stereocenters. The number of aliphatic imine (C=N–C) groups is 2. The Hall–Kier alpha value is -7.22. The maximum absolute atomic E-state index is 10.2. The van der Waals surface area contributed by atoms with Crippen LogP contribution in [-0.4, -0.2) is 16.5 Å². The van der Waals surface area contributed by atoms with E-state index >= 15 is 0 Å². The topological polar surface area (TPSA) is 61.4 Å². The molecule has 2 atom stereocenters. The molecule has 0 radical (unpaired) electrons. The summed E-state index contributed by atoms with van der Waals surface area (Å²) in [6, 6.07) is 45.8. The van der Waals surface area contributed by atoms with Gasteiger partial charge in [0.1, 0.15) is 0 Å². The molecule has 4 heteroatoms. The molecule has 0 bridgehead atoms. The Morgan fingerprint density at radius 2 is 1.52 bits per heavy atom. The fourth-order valence-electron chi connectivity index (χ4n) is 9.22. The normalized spacial score (nSPS) is 19.0. The van der Waals surface area contributed by atoms with Crippen LogP contribution in [0, 0.1) is 11.3 Å². The van der Waals surface area contributed by atoms with Crippen molar-refractivity contribution >= 4 is 17.6 Å². The van der Waals surface area contributed by atoms with Gasteiger partial charge in [-0.1, -0.05) is 121 Å². The Labute approximate surface area is 340 Å². The Morgan fingerprint density at radius 1 is 0.724 bits per heavy atom. The van der Waals surface area contributed by atoms with Crippen LogP contribution in [-0.2, 0) is 5.41 Å². The van der Waals surface area contributed by atoms with Gasteiger partial charge in [0, 0.05) is 30.0 Å². The minimum Gasteiger partial charge on any atom is -0.264 e. The van der Waals surface area contributed by atoms with Crippen LogP contribution in [0.3, 0.4) is 0 Å². The zero-order chi connectivity index (χ0) is 39.1. The number of rotatable bonds is 7. The van der Waals surface area contributed by atoms with Gasteiger partial charge in [-0.25, -0.2) is 4.99 Å². The zero-order valence-electron chi connectivity index (χ0n) is 32.3. The number of pyridine rings is 1. The minimum atomic E-state index is -0.588. The Bertz CT molecular complexity index is 2880. The van der Waals surface area contributed by atoms with Crippen LogP contribution in [0.5, 0.6) is 0 Å². The molecule has 2 heterocycles. The molecule has 58 heavy (non-hydrogen) atoms. The summed E-state index contributed by atoms with van der Waals surface area (Å²) in [6.07, 6.45) is 24.0. The van der Waals surface area contributed by atoms with Crippen LogP contribution >= 0.6 is 0 Å². The Kier molecular flexibility index (Phi) is 8.92. The lowest BCUT2D eigenvalue weighted by atomic mass is 9.69. The molecule has 4 aliphatic rings. The van der Waals surface area contributed by atoms with Crippen molar-refractivity contribution in [3.63, 3.8) is 0 Å². The molecule has 0 fully saturated rings. The van der Waals surface area contributed by atoms with Crippen LogP contribution in [0.15, 0.2) is 197 Å². The van der Waals surface area contributed by atoms with E-state index in [9.17, 15) is 5.26 Å². The first kappa shape index (κ1) is 35.2. The highest BCUT2D eigenvalue weighted by Gasteiger charge is 2.50. The third kappa shape index (κ3) is 5.95. The molecule has 1 aliphatic heterocycles. The van der Waals surface area contributed by atoms with Gasteiger partial charge in [0.2, 0.25) is 0 Å². The van der Waals surface area contributed by atoms with Gasteiger partial charge >= 0.3 is 0 Å². The number of benzene rings is 5. The van der Waals surface area contributed by atoms with Gasteiger partial charge in [-0.15, -0.1) is 0 Å². The predicted molar refractivity (Wildman–Crippen MR) is 238 cm³/mol. The van der Waals surface area contributed by atoms with Crippen molar-refractivity contribution in [2.75, 3.05) is 0 Å². The highest BCUT2D eigenvalue weighted by atomic mass is 15.0. The molecule has 1 spiro atoms. The van der Waals surface area contributed by atoms with Crippen molar-refractivity contribution in [2.45, 2.75) is 37.6 Å². The highest BCUT2D eigenvalue weighted by Crippen LogP contribution is 2.61. The summed E-state index contributed by atoms with van der Waals surface area (Å²) < 4.78 is 0. The molecular formula is C54H40N4. The van der Waals surface area contributed by atoms with Crippen LogP contribution in [0.2, 0.25) is 0 Å². The van der Waals surface area contributed by atoms with E-state index in [0.29, 0.717) is 12.0 Å². The average Bonchev–Trinajstić information content (AvgIpc) is 3.78. The van der Waals surface area contributed by atoms with E-state index in [1.54, 1.807) is 0 Å². The predicted octanol–water partition coefficient (Wildman–Crippen LogP) is 12.7. The molecule has 4 nitrogen and oxygen atoms in total. The quantitative estimate of drug-likeness (QED) is 0.153. The minimum absolute atomic E-state index is 0.0506. The van der Waals surface area contributed by atoms with Crippen molar-refractivity contribution in [1.82, 2.24) is 4.98 Å². The lowest BCUT2D eigenvalue weighted by Crippen LogP contribution is -2.26. The molecule has 0 amide bonds. The van der Waals surface area contributed by atoms with Crippen molar-refractivity contribution in [3.05, 3.63) is 226 Å². The van der Waals surface area contributed by atoms with Crippen LogP contribution < -0.4 is 0 Å². The summed E-state index contributed by atoms with van der Waals surface area (Å²) in [4.78, 5) is 15.1. The second-order valence-corrected chi connectivity index (χ2v) is 15.3. The summed E-state index contributed by atoms with van der Waals surface area (Å²) >= 11 is 0. The summed E-state index contributed by atoms with van der Waals surface area (Å²) in [5, 5.41) is 10.2. The number of hydrogen-bond donors (Lipinski definition) is 0. The standard InChI is InChI=1S/C54H40N4/c1-2-3-6-20-45-31-40-18-11-12-21-48(40)54(45)49-27-36(34-55)22-24-46(49)47-25-23-39(32-50(47)54)42-28-43(41-19-13-26-56-35-41)30-44(29-42)52-33-51(37-14-7-4-8-15-37)57-53(58-52)38-16-9-5-10-17-38/h2-4,6-9,11-32,35,51H,5,10,33H2,1H3/b3-2-,20-6-/t51-,54?/m1/s1. The third-order valence-corrected chi connectivity index (χ3v) is 11.9. The molecule has 0 saturated carbocycles. The number of aromatic nitrogens is 1. The van der Waals surface area contributed by atoms with Crippen LogP contribution in [0.4, 0.5) is 0 Å². The van der Waals surface area contributed by atoms with Crippen molar-refractivity contribution < 1.29 is 0 Å². The summed E-state index contributed by atoms with van der Waals surface area (Å²) in [5.74, 6) is 0.790. The number of fused-ring (bicyclic) bond motifs is 7. The third-order valence-electron chi connectivity index (χ3n) is 11.9. The van der Waals surface area contributed by atoms with E-state index in [-0.39, 0.29) is 6.04 Å². The molecule has 1 aromatic heterocycles. The van der Waals surface area contributed by atoms with Crippen molar-refractivity contribution in [2.24, 2.45) is 9.98 Å². The number of nitrogens with zero attached hydrogens (tertiary/aromatic N) is 4. The number of amidine groups is 1. The maximum atomic E-state index is 10.2. The highest BCUT2D eigenvalue weighted by molar-refractivity contribution is 6.15. The molecule has 0 N–H and O–H groups in total. The fraction of sp³-hybridized carbons (Fsp3) is 0.111. The average molecular weight is 745 g/mol. The van der Waals surface area contributed by atoms with E-state index in [2.05, 4.69) is 169 Å². The molecule has 6 aromatic rings. The lowest BCUT2D eigenvalue weighted by molar-refractivity contribution is 0.753. The second-order valence-electron chi connectivity index (χ2n) is 15.3. The van der Waals surface area contributed by atoms with Gasteiger partial charge in [-0.2, -0.15) is 5.26 Å². The Morgan fingerprint density at radius 3 is 2.31 bits per heavy atom. The van der Waals surface area contributed by atoms with Gasteiger partial charge in [-0.05, 0) is 135 Å². The van der Waals surface area contributed by atoms with Crippen molar-refractivity contribution in [1.29, 1.82) is 5.26 Å². The number of nitriles is 1. The zero-order valence-corrected chi connectivity index (χ0v) is 32.3. The second kappa shape index (κ2) is 14.7. The Balaban J connectivity index is 1.18. The molecule has 10 rings (SSSR count). The molecule has 0 saturated heterocycles. The summed E-state index contributed by atoms with van der Waals surface area (Å²) in [5.41, 5.74) is 17.1. The first-order valence-electron chi connectivity index (χ1n) is 20.1. The van der Waals surface area contributed by atoms with Crippen LogP contribution in [0.1, 0.15) is 71.2 Å². The molecular weight excluding hydrogens is 705 g/mol. The first-order valence-corrected chi connectivity index (χ1v) is 20.1. The molecule has 5 aromatic carbocycles. The fourth-order valence-corrected chi connectivity index (χ4v) is 9.22. The number of hydrogen-bond acceptors (Lipinski definition) is 4. The maximum Gasteiger partial charge on any atom is 0.155 e. The van der Waals surface area contributed by atoms with E-state index in [1.807, 2.05) is 31.5 Å². The van der Waals surface area contributed by atoms with E-state index in [0.717, 1.165) is 68.9 Å². The molecule has 3 aliphatic carbocycles. The number of allylic oxidation sites excluding steroid dienone is 7. The first-order chi connectivity index (χ1) is 28.6. The van der Waals surface area contributed by atoms with Crippen molar-refractivity contribution in [3.8, 4) is 39.4 Å². The lowest BCUT2D eigenvalue weighted by Gasteiger charge is -2.32. The largest absolute Gasteiger partial charge is 0.264 e. The van der Waals surface area contributed by atoms with Gasteiger partial charge in [0.05, 0.1) is 28.8 Å². The smallest absolute Gasteiger partial charge is 0.155 e. The van der Waals surface area contributed by atoms with Gasteiger partial charge in [0.15, 0.2) is 5.84 Å². The van der Waals surface area contributed by atoms with Gasteiger partial charge in [-0.3, -0.25) is 9.98 Å². The van der Waals surface area contributed by atoms with Gasteiger partial charge < -0.3 is 0 Å². The summed E-state index contributed by atoms with van der Waals surface area (Å²) in [6.45, 7) is 2.04. The van der Waals surface area contributed by atoms with E-state index < -0.39 is 5.41 Å². The van der Waals surface area contributed by atoms with E-state index in [1.165, 1.54) is 33.4 Å². The van der Waals surface area contributed by atoms with Gasteiger partial charge in [0.25, 0.3) is 0 Å². The van der Waals surface area contributed by atoms with E-state index in [4.69, 9.17) is 9.98 Å². The van der Waals surface area contributed by atoms with Crippen LogP contribution in [0.25, 0.3) is 39.5 Å². The monoisotopic (exact) mass is 744 g/mol. The summed E-state index contributed by atoms with van der Waals surface area (Å²) in [7, 11) is 0. The molecule has 276 valence electrons.